The second-order valence-electron chi connectivity index (χ2n) is 6.62. The van der Waals surface area contributed by atoms with E-state index in [0.29, 0.717) is 0 Å². The third-order valence-electron chi connectivity index (χ3n) is 3.10. The third-order valence-corrected chi connectivity index (χ3v) is 4.48. The monoisotopic (exact) mass is 385 g/mol. The van der Waals surface area contributed by atoms with Gasteiger partial charge in [-0.25, -0.2) is 17.6 Å². The van der Waals surface area contributed by atoms with Gasteiger partial charge in [0.25, 0.3) is 0 Å². The minimum atomic E-state index is -4.03. The summed E-state index contributed by atoms with van der Waals surface area (Å²) in [5.74, 6) is -1.37. The highest BCUT2D eigenvalue weighted by atomic mass is 32.2. The van der Waals surface area contributed by atoms with Gasteiger partial charge in [-0.15, -0.1) is 5.10 Å². The molecule has 26 heavy (non-hydrogen) atoms. The first kappa shape index (κ1) is 19.8. The average molecular weight is 385 g/mol. The predicted octanol–water partition coefficient (Wildman–Crippen LogP) is 2.77. The van der Waals surface area contributed by atoms with Crippen LogP contribution in [0.5, 0.6) is 0 Å². The van der Waals surface area contributed by atoms with Crippen molar-refractivity contribution >= 4 is 15.9 Å². The molecule has 1 heterocycles. The number of aromatic nitrogens is 2. The second-order valence-corrected chi connectivity index (χ2v) is 8.49. The number of sulfone groups is 1. The van der Waals surface area contributed by atoms with Crippen LogP contribution < -0.4 is 5.32 Å². The van der Waals surface area contributed by atoms with Crippen molar-refractivity contribution in [3.05, 3.63) is 41.5 Å². The summed E-state index contributed by atoms with van der Waals surface area (Å²) in [4.78, 5) is 11.7. The number of hydrogen-bond donors (Lipinski definition) is 1. The maximum Gasteiger partial charge on any atom is 0.408 e. The molecule has 10 heteroatoms. The molecule has 0 fully saturated rings. The number of ether oxygens (including phenoxy) is 1. The molecular weight excluding hydrogens is 365 g/mol. The van der Waals surface area contributed by atoms with Gasteiger partial charge in [-0.1, -0.05) is 23.3 Å². The molecule has 0 spiro atoms. The number of hydrogen-bond acceptors (Lipinski definition) is 7. The SMILES string of the molecule is CC(NC(=O)OC(C)(C)C)c1nnc(S(=O)(=O)Cc2ccccc2F)o1. The molecule has 2 aromatic rings. The van der Waals surface area contributed by atoms with Crippen molar-refractivity contribution < 1.29 is 26.8 Å². The Labute approximate surface area is 150 Å². The summed E-state index contributed by atoms with van der Waals surface area (Å²) in [6, 6.07) is 4.74. The molecule has 1 amide bonds. The van der Waals surface area contributed by atoms with Crippen molar-refractivity contribution in [3.8, 4) is 0 Å². The van der Waals surface area contributed by atoms with E-state index in [-0.39, 0.29) is 11.5 Å². The van der Waals surface area contributed by atoms with E-state index in [1.807, 2.05) is 0 Å². The molecule has 1 unspecified atom stereocenters. The lowest BCUT2D eigenvalue weighted by molar-refractivity contribution is 0.0500. The maximum atomic E-state index is 13.7. The first-order chi connectivity index (χ1) is 12.0. The zero-order valence-corrected chi connectivity index (χ0v) is 15.6. The summed E-state index contributed by atoms with van der Waals surface area (Å²) in [5, 5.41) is 8.95. The van der Waals surface area contributed by atoms with Crippen molar-refractivity contribution in [1.29, 1.82) is 0 Å². The molecule has 1 atom stereocenters. The van der Waals surface area contributed by atoms with Gasteiger partial charge >= 0.3 is 11.3 Å². The number of alkyl carbamates (subject to hydrolysis) is 1. The highest BCUT2D eigenvalue weighted by Crippen LogP contribution is 2.20. The lowest BCUT2D eigenvalue weighted by Gasteiger charge is -2.20. The summed E-state index contributed by atoms with van der Waals surface area (Å²) in [5.41, 5.74) is -0.695. The molecule has 1 N–H and O–H groups in total. The summed E-state index contributed by atoms with van der Waals surface area (Å²) in [6.45, 7) is 6.65. The average Bonchev–Trinajstić information content (AvgIpc) is 2.98. The number of carbonyl (C=O) groups is 1. The first-order valence-electron chi connectivity index (χ1n) is 7.77. The van der Waals surface area contributed by atoms with E-state index in [4.69, 9.17) is 9.15 Å². The van der Waals surface area contributed by atoms with Crippen LogP contribution in [0.1, 0.15) is 45.2 Å². The number of rotatable bonds is 5. The lowest BCUT2D eigenvalue weighted by Crippen LogP contribution is -2.34. The maximum absolute atomic E-state index is 13.7. The van der Waals surface area contributed by atoms with Crippen LogP contribution in [0.2, 0.25) is 0 Å². The van der Waals surface area contributed by atoms with Gasteiger partial charge in [0.05, 0.1) is 5.75 Å². The number of halogens is 1. The Balaban J connectivity index is 2.10. The molecule has 0 radical (unpaired) electrons. The van der Waals surface area contributed by atoms with Gasteiger partial charge in [-0.3, -0.25) is 0 Å². The van der Waals surface area contributed by atoms with E-state index >= 15 is 0 Å². The van der Waals surface area contributed by atoms with Crippen molar-refractivity contribution in [2.75, 3.05) is 0 Å². The Bertz CT molecular complexity index is 889. The molecule has 0 aliphatic rings. The van der Waals surface area contributed by atoms with E-state index < -0.39 is 44.4 Å². The Hall–Kier alpha value is -2.49. The normalized spacial score (nSPS) is 13.3. The largest absolute Gasteiger partial charge is 0.444 e. The molecule has 2 rings (SSSR count). The molecular formula is C16H20FN3O5S. The third kappa shape index (κ3) is 5.25. The van der Waals surface area contributed by atoms with Gasteiger partial charge in [-0.05, 0) is 33.8 Å². The van der Waals surface area contributed by atoms with Crippen molar-refractivity contribution in [3.63, 3.8) is 0 Å². The molecule has 0 bridgehead atoms. The van der Waals surface area contributed by atoms with Crippen LogP contribution in [0.15, 0.2) is 33.9 Å². The van der Waals surface area contributed by atoms with Gasteiger partial charge < -0.3 is 14.5 Å². The van der Waals surface area contributed by atoms with E-state index in [0.717, 1.165) is 6.07 Å². The molecule has 0 saturated heterocycles. The summed E-state index contributed by atoms with van der Waals surface area (Å²) in [6.07, 6.45) is -0.709. The Morgan fingerprint density at radius 2 is 1.96 bits per heavy atom. The molecule has 0 aliphatic heterocycles. The van der Waals surface area contributed by atoms with E-state index in [2.05, 4.69) is 15.5 Å². The fourth-order valence-corrected chi connectivity index (χ4v) is 3.09. The fourth-order valence-electron chi connectivity index (χ4n) is 1.95. The van der Waals surface area contributed by atoms with Crippen molar-refractivity contribution in [2.45, 2.75) is 50.3 Å². The summed E-state index contributed by atoms with van der Waals surface area (Å²) in [7, 11) is -4.03. The highest BCUT2D eigenvalue weighted by Gasteiger charge is 2.27. The van der Waals surface area contributed by atoms with E-state index in [1.165, 1.54) is 25.1 Å². The van der Waals surface area contributed by atoms with Gasteiger partial charge in [0.1, 0.15) is 17.5 Å². The van der Waals surface area contributed by atoms with Gasteiger partial charge in [0.2, 0.25) is 15.7 Å². The number of carbonyl (C=O) groups excluding carboxylic acids is 1. The minimum absolute atomic E-state index is 0.00724. The van der Waals surface area contributed by atoms with Gasteiger partial charge in [0.15, 0.2) is 0 Å². The van der Waals surface area contributed by atoms with E-state index in [1.54, 1.807) is 20.8 Å². The molecule has 8 nitrogen and oxygen atoms in total. The van der Waals surface area contributed by atoms with Gasteiger partial charge in [-0.2, -0.15) is 0 Å². The zero-order valence-electron chi connectivity index (χ0n) is 14.8. The number of benzene rings is 1. The Morgan fingerprint density at radius 1 is 1.31 bits per heavy atom. The molecule has 1 aromatic carbocycles. The summed E-state index contributed by atoms with van der Waals surface area (Å²) >= 11 is 0. The predicted molar refractivity (Wildman–Crippen MR) is 89.4 cm³/mol. The van der Waals surface area contributed by atoms with Crippen LogP contribution in [0.3, 0.4) is 0 Å². The molecule has 0 saturated carbocycles. The zero-order chi connectivity index (χ0) is 19.5. The van der Waals surface area contributed by atoms with Crippen LogP contribution in [0.25, 0.3) is 0 Å². The number of nitrogens with zero attached hydrogens (tertiary/aromatic N) is 2. The van der Waals surface area contributed by atoms with Crippen LogP contribution >= 0.6 is 0 Å². The molecule has 1 aromatic heterocycles. The van der Waals surface area contributed by atoms with Crippen LogP contribution in [0, 0.1) is 5.82 Å². The Morgan fingerprint density at radius 3 is 2.58 bits per heavy atom. The minimum Gasteiger partial charge on any atom is -0.444 e. The van der Waals surface area contributed by atoms with Crippen molar-refractivity contribution in [1.82, 2.24) is 15.5 Å². The topological polar surface area (TPSA) is 111 Å². The van der Waals surface area contributed by atoms with Crippen LogP contribution in [-0.4, -0.2) is 30.3 Å². The van der Waals surface area contributed by atoms with Crippen LogP contribution in [-0.2, 0) is 20.3 Å². The lowest BCUT2D eigenvalue weighted by atomic mass is 10.2. The number of amides is 1. The van der Waals surface area contributed by atoms with E-state index in [9.17, 15) is 17.6 Å². The Kier molecular flexibility index (Phi) is 5.65. The molecule has 142 valence electrons. The van der Waals surface area contributed by atoms with Crippen LogP contribution in [0.4, 0.5) is 9.18 Å². The standard InChI is InChI=1S/C16H20FN3O5S/c1-10(18-14(21)25-16(2,3)4)13-19-20-15(24-13)26(22,23)9-11-7-5-6-8-12(11)17/h5-8,10H,9H2,1-4H3,(H,18,21). The second kappa shape index (κ2) is 7.40. The fraction of sp³-hybridized carbons (Fsp3) is 0.438. The smallest absolute Gasteiger partial charge is 0.408 e. The number of nitrogens with one attached hydrogen (secondary N) is 1. The first-order valence-corrected chi connectivity index (χ1v) is 9.42. The molecule has 0 aliphatic carbocycles. The van der Waals surface area contributed by atoms with Crippen molar-refractivity contribution in [2.24, 2.45) is 0 Å². The van der Waals surface area contributed by atoms with Gasteiger partial charge in [0, 0.05) is 5.56 Å². The quantitative estimate of drug-likeness (QED) is 0.842. The summed E-state index contributed by atoms with van der Waals surface area (Å²) < 4.78 is 48.6. The highest BCUT2D eigenvalue weighted by molar-refractivity contribution is 7.90.